The van der Waals surface area contributed by atoms with Crippen molar-refractivity contribution in [3.05, 3.63) is 30.1 Å². The lowest BCUT2D eigenvalue weighted by Gasteiger charge is -2.38. The first-order chi connectivity index (χ1) is 9.74. The van der Waals surface area contributed by atoms with Crippen molar-refractivity contribution in [1.29, 1.82) is 0 Å². The number of alkyl halides is 3. The van der Waals surface area contributed by atoms with E-state index in [1.54, 1.807) is 0 Å². The maximum atomic E-state index is 13.6. The number of para-hydroxylation sites is 1. The van der Waals surface area contributed by atoms with Crippen LogP contribution in [0.1, 0.15) is 25.7 Å². The lowest BCUT2D eigenvalue weighted by atomic mass is 9.76. The second kappa shape index (κ2) is 5.54. The molecule has 0 atom stereocenters. The molecule has 0 bridgehead atoms. The number of halogens is 4. The van der Waals surface area contributed by atoms with Gasteiger partial charge in [0.05, 0.1) is 11.6 Å². The van der Waals surface area contributed by atoms with Crippen molar-refractivity contribution in [2.45, 2.75) is 37.4 Å². The molecular formula is C14H15F4NO2. The number of carbonyl (C=O) groups is 1. The van der Waals surface area contributed by atoms with Gasteiger partial charge in [-0.1, -0.05) is 12.1 Å². The Hall–Kier alpha value is -1.79. The van der Waals surface area contributed by atoms with Crippen molar-refractivity contribution in [2.75, 3.05) is 5.32 Å². The predicted octanol–water partition coefficient (Wildman–Crippen LogP) is 3.81. The number of anilines is 1. The van der Waals surface area contributed by atoms with Crippen molar-refractivity contribution in [3.63, 3.8) is 0 Å². The maximum Gasteiger partial charge on any atom is 0.391 e. The summed E-state index contributed by atoms with van der Waals surface area (Å²) in [5.74, 6) is -3.38. The van der Waals surface area contributed by atoms with Crippen LogP contribution in [0, 0.1) is 11.7 Å². The van der Waals surface area contributed by atoms with Crippen LogP contribution in [0.15, 0.2) is 24.3 Å². The molecule has 2 N–H and O–H groups in total. The zero-order valence-electron chi connectivity index (χ0n) is 11.1. The van der Waals surface area contributed by atoms with Gasteiger partial charge in [0.25, 0.3) is 0 Å². The van der Waals surface area contributed by atoms with Gasteiger partial charge in [0.2, 0.25) is 0 Å². The van der Waals surface area contributed by atoms with E-state index in [9.17, 15) is 27.5 Å². The highest BCUT2D eigenvalue weighted by molar-refractivity contribution is 5.83. The van der Waals surface area contributed by atoms with Crippen LogP contribution in [0.3, 0.4) is 0 Å². The van der Waals surface area contributed by atoms with Crippen molar-refractivity contribution >= 4 is 11.7 Å². The molecule has 1 saturated carbocycles. The van der Waals surface area contributed by atoms with E-state index in [-0.39, 0.29) is 31.4 Å². The summed E-state index contributed by atoms with van der Waals surface area (Å²) in [6, 6.07) is 5.52. The van der Waals surface area contributed by atoms with E-state index >= 15 is 0 Å². The Bertz CT molecular complexity index is 522. The Morgan fingerprint density at radius 3 is 2.29 bits per heavy atom. The number of hydrogen-bond acceptors (Lipinski definition) is 2. The molecule has 116 valence electrons. The van der Waals surface area contributed by atoms with E-state index in [4.69, 9.17) is 0 Å². The Kier molecular flexibility index (Phi) is 4.11. The largest absolute Gasteiger partial charge is 0.480 e. The summed E-state index contributed by atoms with van der Waals surface area (Å²) in [6.45, 7) is 0. The Morgan fingerprint density at radius 2 is 1.81 bits per heavy atom. The minimum atomic E-state index is -4.32. The van der Waals surface area contributed by atoms with Crippen LogP contribution in [0.2, 0.25) is 0 Å². The van der Waals surface area contributed by atoms with Gasteiger partial charge in [-0.15, -0.1) is 0 Å². The Balaban J connectivity index is 2.17. The number of aliphatic carboxylic acids is 1. The number of carboxylic acids is 1. The molecule has 0 aliphatic heterocycles. The molecule has 1 aliphatic rings. The Labute approximate surface area is 119 Å². The highest BCUT2D eigenvalue weighted by Gasteiger charge is 2.49. The highest BCUT2D eigenvalue weighted by Crippen LogP contribution is 2.42. The summed E-state index contributed by atoms with van der Waals surface area (Å²) in [4.78, 5) is 11.5. The van der Waals surface area contributed by atoms with Crippen molar-refractivity contribution < 1.29 is 27.5 Å². The summed E-state index contributed by atoms with van der Waals surface area (Å²) in [6.07, 6.45) is -5.27. The summed E-state index contributed by atoms with van der Waals surface area (Å²) in [5, 5.41) is 12.0. The summed E-state index contributed by atoms with van der Waals surface area (Å²) < 4.78 is 51.6. The normalized spacial score (nSPS) is 26.4. The van der Waals surface area contributed by atoms with Crippen LogP contribution in [0.25, 0.3) is 0 Å². The SMILES string of the molecule is O=C(O)C1(Nc2ccccc2F)CCC(C(F)(F)F)CC1. The smallest absolute Gasteiger partial charge is 0.391 e. The molecule has 7 heteroatoms. The molecule has 2 rings (SSSR count). The van der Waals surface area contributed by atoms with E-state index < -0.39 is 29.4 Å². The summed E-state index contributed by atoms with van der Waals surface area (Å²) in [5.41, 5.74) is -1.56. The van der Waals surface area contributed by atoms with Crippen molar-refractivity contribution in [1.82, 2.24) is 0 Å². The summed E-state index contributed by atoms with van der Waals surface area (Å²) in [7, 11) is 0. The molecule has 1 fully saturated rings. The van der Waals surface area contributed by atoms with Crippen molar-refractivity contribution in [3.8, 4) is 0 Å². The monoisotopic (exact) mass is 305 g/mol. The number of carboxylic acid groups (broad SMARTS) is 1. The van der Waals surface area contributed by atoms with Crippen LogP contribution in [-0.2, 0) is 4.79 Å². The van der Waals surface area contributed by atoms with Crippen molar-refractivity contribution in [2.24, 2.45) is 5.92 Å². The molecule has 0 unspecified atom stereocenters. The van der Waals surface area contributed by atoms with E-state index in [1.807, 2.05) is 0 Å². The predicted molar refractivity (Wildman–Crippen MR) is 68.4 cm³/mol. The average molecular weight is 305 g/mol. The molecule has 1 aromatic rings. The number of hydrogen-bond donors (Lipinski definition) is 2. The zero-order chi connectivity index (χ0) is 15.7. The minimum absolute atomic E-state index is 0.00893. The fourth-order valence-electron chi connectivity index (χ4n) is 2.65. The van der Waals surface area contributed by atoms with Gasteiger partial charge in [0, 0.05) is 0 Å². The van der Waals surface area contributed by atoms with E-state index in [2.05, 4.69) is 5.32 Å². The quantitative estimate of drug-likeness (QED) is 0.835. The highest BCUT2D eigenvalue weighted by atomic mass is 19.4. The fraction of sp³-hybridized carbons (Fsp3) is 0.500. The molecule has 1 aromatic carbocycles. The van der Waals surface area contributed by atoms with Crippen LogP contribution in [-0.4, -0.2) is 22.8 Å². The number of benzene rings is 1. The molecule has 0 saturated heterocycles. The molecule has 21 heavy (non-hydrogen) atoms. The van der Waals surface area contributed by atoms with Crippen LogP contribution < -0.4 is 5.32 Å². The second-order valence-corrected chi connectivity index (χ2v) is 5.31. The molecule has 0 spiro atoms. The number of nitrogens with one attached hydrogen (secondary N) is 1. The number of rotatable bonds is 3. The first kappa shape index (κ1) is 15.6. The topological polar surface area (TPSA) is 49.3 Å². The van der Waals surface area contributed by atoms with Crippen LogP contribution >= 0.6 is 0 Å². The average Bonchev–Trinajstić information content (AvgIpc) is 2.41. The molecular weight excluding hydrogens is 290 g/mol. The van der Waals surface area contributed by atoms with E-state index in [1.165, 1.54) is 24.3 Å². The molecule has 1 aliphatic carbocycles. The molecule has 0 radical (unpaired) electrons. The third-order valence-electron chi connectivity index (χ3n) is 3.96. The van der Waals surface area contributed by atoms with Gasteiger partial charge in [-0.2, -0.15) is 13.2 Å². The molecule has 3 nitrogen and oxygen atoms in total. The molecule has 0 heterocycles. The van der Waals surface area contributed by atoms with E-state index in [0.29, 0.717) is 0 Å². The molecule has 0 amide bonds. The van der Waals surface area contributed by atoms with Crippen LogP contribution in [0.4, 0.5) is 23.2 Å². The summed E-state index contributed by atoms with van der Waals surface area (Å²) >= 11 is 0. The minimum Gasteiger partial charge on any atom is -0.480 e. The second-order valence-electron chi connectivity index (χ2n) is 5.31. The fourth-order valence-corrected chi connectivity index (χ4v) is 2.65. The molecule has 0 aromatic heterocycles. The van der Waals surface area contributed by atoms with Gasteiger partial charge in [-0.3, -0.25) is 0 Å². The van der Waals surface area contributed by atoms with Gasteiger partial charge in [-0.05, 0) is 37.8 Å². The van der Waals surface area contributed by atoms with Crippen LogP contribution in [0.5, 0.6) is 0 Å². The first-order valence-corrected chi connectivity index (χ1v) is 6.57. The standard InChI is InChI=1S/C14H15F4NO2/c15-10-3-1-2-4-11(10)19-13(12(20)21)7-5-9(6-8-13)14(16,17)18/h1-4,9,19H,5-8H2,(H,20,21). The first-order valence-electron chi connectivity index (χ1n) is 6.57. The zero-order valence-corrected chi connectivity index (χ0v) is 11.1. The third kappa shape index (κ3) is 3.28. The van der Waals surface area contributed by atoms with Gasteiger partial charge in [0.1, 0.15) is 11.4 Å². The lowest BCUT2D eigenvalue weighted by Crippen LogP contribution is -2.50. The third-order valence-corrected chi connectivity index (χ3v) is 3.96. The van der Waals surface area contributed by atoms with Gasteiger partial charge in [-0.25, -0.2) is 9.18 Å². The van der Waals surface area contributed by atoms with Gasteiger partial charge >= 0.3 is 12.1 Å². The Morgan fingerprint density at radius 1 is 1.24 bits per heavy atom. The lowest BCUT2D eigenvalue weighted by molar-refractivity contribution is -0.186. The maximum absolute atomic E-state index is 13.6. The van der Waals surface area contributed by atoms with Gasteiger partial charge in [0.15, 0.2) is 0 Å². The van der Waals surface area contributed by atoms with E-state index in [0.717, 1.165) is 0 Å². The van der Waals surface area contributed by atoms with Gasteiger partial charge < -0.3 is 10.4 Å².